The summed E-state index contributed by atoms with van der Waals surface area (Å²) in [6, 6.07) is 17.1. The van der Waals surface area contributed by atoms with Gasteiger partial charge in [0, 0.05) is 12.2 Å². The van der Waals surface area contributed by atoms with Gasteiger partial charge in [-0.2, -0.15) is 5.10 Å². The predicted molar refractivity (Wildman–Crippen MR) is 122 cm³/mol. The van der Waals surface area contributed by atoms with Gasteiger partial charge >= 0.3 is 0 Å². The zero-order valence-corrected chi connectivity index (χ0v) is 18.6. The molecule has 2 aromatic heterocycles. The van der Waals surface area contributed by atoms with E-state index in [9.17, 15) is 4.79 Å². The number of thiazole rings is 1. The van der Waals surface area contributed by atoms with Crippen LogP contribution in [0.4, 0.5) is 5.13 Å². The molecule has 0 aliphatic carbocycles. The zero-order chi connectivity index (χ0) is 21.8. The second-order valence-corrected chi connectivity index (χ2v) is 8.13. The van der Waals surface area contributed by atoms with Crippen LogP contribution in [0.1, 0.15) is 11.4 Å². The minimum absolute atomic E-state index is 0.0840. The van der Waals surface area contributed by atoms with Crippen molar-refractivity contribution < 1.29 is 14.3 Å². The Hall–Kier alpha value is -3.39. The number of carbonyl (C=O) groups excluding carboxylic acids is 1. The summed E-state index contributed by atoms with van der Waals surface area (Å²) >= 11 is 1.50. The van der Waals surface area contributed by atoms with Gasteiger partial charge in [-0.05, 0) is 56.3 Å². The molecule has 0 saturated carbocycles. The topological polar surface area (TPSA) is 69.5 Å². The number of rotatable bonds is 8. The minimum atomic E-state index is -0.156. The molecule has 0 atom stereocenters. The number of benzene rings is 2. The second kappa shape index (κ2) is 9.18. The fraction of sp³-hybridized carbons (Fsp3) is 0.261. The minimum Gasteiger partial charge on any atom is -0.497 e. The number of aromatic nitrogens is 3. The summed E-state index contributed by atoms with van der Waals surface area (Å²) in [5.41, 5.74) is 2.89. The van der Waals surface area contributed by atoms with E-state index in [2.05, 4.69) is 10.1 Å². The zero-order valence-electron chi connectivity index (χ0n) is 17.7. The van der Waals surface area contributed by atoms with E-state index in [1.165, 1.54) is 11.3 Å². The van der Waals surface area contributed by atoms with Crippen LogP contribution in [0.25, 0.3) is 10.2 Å². The molecule has 7 nitrogen and oxygen atoms in total. The van der Waals surface area contributed by atoms with Gasteiger partial charge in [-0.3, -0.25) is 14.4 Å². The second-order valence-electron chi connectivity index (χ2n) is 7.12. The number of nitrogens with zero attached hydrogens (tertiary/aromatic N) is 4. The summed E-state index contributed by atoms with van der Waals surface area (Å²) in [6.07, 6.45) is 0. The molecule has 0 aliphatic rings. The molecular formula is C23H24N4O3S. The number of aryl methyl sites for hydroxylation is 2. The van der Waals surface area contributed by atoms with Crippen LogP contribution >= 0.6 is 11.3 Å². The Morgan fingerprint density at radius 1 is 1.10 bits per heavy atom. The monoisotopic (exact) mass is 436 g/mol. The van der Waals surface area contributed by atoms with Crippen LogP contribution in [0, 0.1) is 13.8 Å². The van der Waals surface area contributed by atoms with Crippen molar-refractivity contribution in [2.45, 2.75) is 20.4 Å². The molecule has 0 saturated heterocycles. The molecule has 160 valence electrons. The molecule has 0 bridgehead atoms. The third-order valence-electron chi connectivity index (χ3n) is 4.88. The maximum atomic E-state index is 13.1. The van der Waals surface area contributed by atoms with Crippen molar-refractivity contribution in [1.82, 2.24) is 14.8 Å². The first-order valence-electron chi connectivity index (χ1n) is 9.97. The van der Waals surface area contributed by atoms with E-state index in [0.29, 0.717) is 24.0 Å². The van der Waals surface area contributed by atoms with E-state index in [4.69, 9.17) is 9.47 Å². The fourth-order valence-corrected chi connectivity index (χ4v) is 4.30. The summed E-state index contributed by atoms with van der Waals surface area (Å²) in [7, 11) is 1.61. The van der Waals surface area contributed by atoms with E-state index >= 15 is 0 Å². The molecule has 4 rings (SSSR count). The molecule has 0 unspecified atom stereocenters. The maximum Gasteiger partial charge on any atom is 0.266 e. The number of para-hydroxylation sites is 1. The van der Waals surface area contributed by atoms with Gasteiger partial charge in [0.2, 0.25) is 0 Å². The first-order valence-corrected chi connectivity index (χ1v) is 10.8. The maximum absolute atomic E-state index is 13.1. The highest BCUT2D eigenvalue weighted by molar-refractivity contribution is 7.22. The summed E-state index contributed by atoms with van der Waals surface area (Å²) in [4.78, 5) is 19.5. The number of carbonyl (C=O) groups is 1. The summed E-state index contributed by atoms with van der Waals surface area (Å²) in [5, 5.41) is 5.16. The van der Waals surface area contributed by atoms with Gasteiger partial charge in [0.15, 0.2) is 11.7 Å². The Kier molecular flexibility index (Phi) is 6.18. The van der Waals surface area contributed by atoms with Crippen molar-refractivity contribution in [2.75, 3.05) is 25.2 Å². The summed E-state index contributed by atoms with van der Waals surface area (Å²) in [5.74, 6) is 1.19. The first-order chi connectivity index (χ1) is 15.0. The predicted octanol–water partition coefficient (Wildman–Crippen LogP) is 4.23. The molecule has 0 radical (unpaired) electrons. The number of ether oxygens (including phenoxy) is 2. The number of hydrogen-bond donors (Lipinski definition) is 0. The molecule has 0 N–H and O–H groups in total. The van der Waals surface area contributed by atoms with Gasteiger partial charge in [0.05, 0.1) is 29.6 Å². The van der Waals surface area contributed by atoms with Crippen molar-refractivity contribution in [3.63, 3.8) is 0 Å². The van der Waals surface area contributed by atoms with Crippen LogP contribution in [0.15, 0.2) is 54.6 Å². The van der Waals surface area contributed by atoms with Crippen LogP contribution in [-0.2, 0) is 11.3 Å². The molecule has 0 aliphatic heterocycles. The summed E-state index contributed by atoms with van der Waals surface area (Å²) < 4.78 is 13.8. The smallest absolute Gasteiger partial charge is 0.266 e. The van der Waals surface area contributed by atoms with Crippen molar-refractivity contribution in [3.05, 3.63) is 66.0 Å². The molecule has 4 aromatic rings. The molecule has 0 spiro atoms. The molecule has 2 aromatic carbocycles. The Balaban J connectivity index is 1.52. The van der Waals surface area contributed by atoms with E-state index in [-0.39, 0.29) is 12.5 Å². The lowest BCUT2D eigenvalue weighted by atomic mass is 10.3. The van der Waals surface area contributed by atoms with Crippen LogP contribution in [-0.4, -0.2) is 40.9 Å². The lowest BCUT2D eigenvalue weighted by Gasteiger charge is -2.20. The first kappa shape index (κ1) is 20.9. The van der Waals surface area contributed by atoms with Gasteiger partial charge < -0.3 is 9.47 Å². The Bertz CT molecular complexity index is 1150. The number of methoxy groups -OCH3 is 1. The number of hydrogen-bond acceptors (Lipinski definition) is 6. The third-order valence-corrected chi connectivity index (χ3v) is 5.93. The lowest BCUT2D eigenvalue weighted by molar-refractivity contribution is -0.120. The third kappa shape index (κ3) is 4.86. The Morgan fingerprint density at radius 3 is 2.52 bits per heavy atom. The van der Waals surface area contributed by atoms with Gasteiger partial charge in [-0.25, -0.2) is 4.98 Å². The van der Waals surface area contributed by atoms with Crippen molar-refractivity contribution in [1.29, 1.82) is 0 Å². The quantitative estimate of drug-likeness (QED) is 0.413. The SMILES string of the molecule is COc1ccc(OCC(=O)N(CCn2nc(C)cc2C)c2nc3ccccc3s2)cc1. The fourth-order valence-electron chi connectivity index (χ4n) is 3.29. The largest absolute Gasteiger partial charge is 0.497 e. The number of anilines is 1. The highest BCUT2D eigenvalue weighted by atomic mass is 32.1. The van der Waals surface area contributed by atoms with Crippen molar-refractivity contribution in [3.8, 4) is 11.5 Å². The lowest BCUT2D eigenvalue weighted by Crippen LogP contribution is -2.37. The Labute approximate surface area is 184 Å². The molecular weight excluding hydrogens is 412 g/mol. The van der Waals surface area contributed by atoms with Crippen LogP contribution in [0.3, 0.4) is 0 Å². The number of amides is 1. The van der Waals surface area contributed by atoms with Gasteiger partial charge in [-0.15, -0.1) is 0 Å². The van der Waals surface area contributed by atoms with Gasteiger partial charge in [0.1, 0.15) is 11.5 Å². The molecule has 0 fully saturated rings. The molecule has 2 heterocycles. The van der Waals surface area contributed by atoms with Crippen LogP contribution < -0.4 is 14.4 Å². The van der Waals surface area contributed by atoms with E-state index in [1.807, 2.05) is 48.9 Å². The van der Waals surface area contributed by atoms with Crippen LogP contribution in [0.2, 0.25) is 0 Å². The molecule has 1 amide bonds. The number of fused-ring (bicyclic) bond motifs is 1. The van der Waals surface area contributed by atoms with Crippen molar-refractivity contribution in [2.24, 2.45) is 0 Å². The normalized spacial score (nSPS) is 10.9. The average Bonchev–Trinajstić information content (AvgIpc) is 3.34. The molecule has 31 heavy (non-hydrogen) atoms. The van der Waals surface area contributed by atoms with Crippen molar-refractivity contribution >= 4 is 32.6 Å². The standard InChI is InChI=1S/C23H24N4O3S/c1-16-14-17(2)27(25-16)13-12-26(23-24-20-6-4-5-7-21(20)31-23)22(28)15-30-19-10-8-18(29-3)9-11-19/h4-11,14H,12-13,15H2,1-3H3. The highest BCUT2D eigenvalue weighted by Gasteiger charge is 2.21. The Morgan fingerprint density at radius 2 is 1.84 bits per heavy atom. The van der Waals surface area contributed by atoms with E-state index in [0.717, 1.165) is 27.4 Å². The van der Waals surface area contributed by atoms with E-state index in [1.54, 1.807) is 36.3 Å². The van der Waals surface area contributed by atoms with Gasteiger partial charge in [-0.1, -0.05) is 23.5 Å². The average molecular weight is 437 g/mol. The van der Waals surface area contributed by atoms with Gasteiger partial charge in [0.25, 0.3) is 5.91 Å². The highest BCUT2D eigenvalue weighted by Crippen LogP contribution is 2.29. The summed E-state index contributed by atoms with van der Waals surface area (Å²) in [6.45, 7) is 4.91. The molecule has 8 heteroatoms. The van der Waals surface area contributed by atoms with Crippen LogP contribution in [0.5, 0.6) is 11.5 Å². The van der Waals surface area contributed by atoms with E-state index < -0.39 is 0 Å².